The van der Waals surface area contributed by atoms with E-state index in [1.54, 1.807) is 0 Å². The Bertz CT molecular complexity index is 744. The minimum absolute atomic E-state index is 0.00499. The summed E-state index contributed by atoms with van der Waals surface area (Å²) in [6, 6.07) is -1.07. The van der Waals surface area contributed by atoms with Crippen molar-refractivity contribution in [3.05, 3.63) is 0 Å². The van der Waals surface area contributed by atoms with E-state index >= 15 is 0 Å². The summed E-state index contributed by atoms with van der Waals surface area (Å²) in [5.41, 5.74) is -0.660. The zero-order valence-corrected chi connectivity index (χ0v) is 27.4. The fourth-order valence-corrected chi connectivity index (χ4v) is 5.37. The number of carbonyl (C=O) groups excluding carboxylic acids is 2. The number of nitrogens with one attached hydrogen (secondary N) is 2. The maximum absolute atomic E-state index is 12.9. The average molecular weight is 559 g/mol. The van der Waals surface area contributed by atoms with Crippen LogP contribution in [-0.4, -0.2) is 62.1 Å². The molecule has 6 atom stereocenters. The van der Waals surface area contributed by atoms with Crippen LogP contribution in [0.2, 0.25) is 18.1 Å². The van der Waals surface area contributed by atoms with E-state index in [2.05, 4.69) is 58.3 Å². The number of amides is 1. The van der Waals surface area contributed by atoms with Gasteiger partial charge >= 0.3 is 12.1 Å². The zero-order chi connectivity index (χ0) is 30.1. The lowest BCUT2D eigenvalue weighted by Gasteiger charge is -2.43. The lowest BCUT2D eigenvalue weighted by Crippen LogP contribution is -2.54. The van der Waals surface area contributed by atoms with Crippen LogP contribution in [0.25, 0.3) is 0 Å². The Kier molecular flexibility index (Phi) is 14.8. The molecule has 0 rings (SSSR count). The van der Waals surface area contributed by atoms with Crippen LogP contribution in [-0.2, 0) is 18.8 Å². The Hall–Kier alpha value is -1.45. The summed E-state index contributed by atoms with van der Waals surface area (Å²) < 4.78 is 12.5. The van der Waals surface area contributed by atoms with Gasteiger partial charge in [0.1, 0.15) is 17.9 Å². The number of aliphatic carboxylic acids is 1. The van der Waals surface area contributed by atoms with Crippen LogP contribution in [0, 0.1) is 23.7 Å². The first-order valence-corrected chi connectivity index (χ1v) is 17.1. The van der Waals surface area contributed by atoms with Gasteiger partial charge in [-0.2, -0.15) is 0 Å². The van der Waals surface area contributed by atoms with Crippen LogP contribution >= 0.6 is 0 Å². The summed E-state index contributed by atoms with van der Waals surface area (Å²) >= 11 is 0. The van der Waals surface area contributed by atoms with Crippen molar-refractivity contribution in [3.63, 3.8) is 0 Å². The number of carboxylic acids is 1. The topological polar surface area (TPSA) is 114 Å². The fourth-order valence-electron chi connectivity index (χ4n) is 4.00. The Balaban J connectivity index is 6.29. The molecule has 224 valence electrons. The molecule has 0 heterocycles. The van der Waals surface area contributed by atoms with Crippen molar-refractivity contribution in [1.29, 1.82) is 0 Å². The van der Waals surface area contributed by atoms with Crippen LogP contribution < -0.4 is 10.6 Å². The lowest BCUT2D eigenvalue weighted by molar-refractivity contribution is -0.141. The van der Waals surface area contributed by atoms with Crippen molar-refractivity contribution < 1.29 is 28.7 Å². The molecule has 9 heteroatoms. The molecule has 0 saturated heterocycles. The van der Waals surface area contributed by atoms with Crippen molar-refractivity contribution in [2.24, 2.45) is 23.7 Å². The number of alkyl carbamates (subject to hydrolysis) is 1. The molecule has 0 aliphatic heterocycles. The highest BCUT2D eigenvalue weighted by Gasteiger charge is 2.42. The number of aldehydes is 1. The zero-order valence-electron chi connectivity index (χ0n) is 26.4. The maximum Gasteiger partial charge on any atom is 0.407 e. The molecule has 0 aliphatic rings. The van der Waals surface area contributed by atoms with Gasteiger partial charge in [0.05, 0.1) is 12.1 Å². The number of hydrogen-bond acceptors (Lipinski definition) is 6. The normalized spacial score (nSPS) is 17.7. The molecule has 1 amide bonds. The van der Waals surface area contributed by atoms with Gasteiger partial charge in [0.25, 0.3) is 0 Å². The van der Waals surface area contributed by atoms with Gasteiger partial charge in [-0.15, -0.1) is 0 Å². The molecule has 0 spiro atoms. The largest absolute Gasteiger partial charge is 0.480 e. The van der Waals surface area contributed by atoms with Gasteiger partial charge in [0, 0.05) is 5.92 Å². The fraction of sp³-hybridized carbons (Fsp3) is 0.897. The van der Waals surface area contributed by atoms with E-state index in [4.69, 9.17) is 9.16 Å². The number of ether oxygens (including phenoxy) is 1. The van der Waals surface area contributed by atoms with Crippen LogP contribution in [0.3, 0.4) is 0 Å². The predicted molar refractivity (Wildman–Crippen MR) is 157 cm³/mol. The molecule has 0 aromatic carbocycles. The molecule has 3 N–H and O–H groups in total. The second-order valence-electron chi connectivity index (χ2n) is 13.9. The SMILES string of the molecule is CC[C@H](C)[C@H](NC[C@@H](C[C@@H](O[Si](C)(C)C(C)(C)C)[C@H](CC(C)C=O)NC(=O)OC(C)(C)C)C(C)C)C(=O)O. The first kappa shape index (κ1) is 36.5. The number of rotatable bonds is 16. The molecule has 0 radical (unpaired) electrons. The lowest BCUT2D eigenvalue weighted by atomic mass is 9.85. The van der Waals surface area contributed by atoms with Gasteiger partial charge in [-0.1, -0.05) is 61.8 Å². The minimum atomic E-state index is -2.27. The number of hydrogen-bond donors (Lipinski definition) is 3. The summed E-state index contributed by atoms with van der Waals surface area (Å²) in [5.74, 6) is -0.803. The molecular weight excluding hydrogens is 500 g/mol. The first-order chi connectivity index (χ1) is 17.1. The second-order valence-corrected chi connectivity index (χ2v) is 18.6. The summed E-state index contributed by atoms with van der Waals surface area (Å²) in [4.78, 5) is 36.4. The highest BCUT2D eigenvalue weighted by Crippen LogP contribution is 2.39. The Labute approximate surface area is 233 Å². The summed E-state index contributed by atoms with van der Waals surface area (Å²) in [7, 11) is -2.27. The van der Waals surface area contributed by atoms with Crippen LogP contribution in [0.15, 0.2) is 0 Å². The Morgan fingerprint density at radius 3 is 1.95 bits per heavy atom. The monoisotopic (exact) mass is 558 g/mol. The number of carboxylic acid groups (broad SMARTS) is 1. The van der Waals surface area contributed by atoms with Crippen molar-refractivity contribution in [2.75, 3.05) is 6.54 Å². The van der Waals surface area contributed by atoms with Gasteiger partial charge in [0.2, 0.25) is 0 Å². The van der Waals surface area contributed by atoms with Crippen molar-refractivity contribution >= 4 is 26.7 Å². The van der Waals surface area contributed by atoms with Gasteiger partial charge in [-0.3, -0.25) is 4.79 Å². The quantitative estimate of drug-likeness (QED) is 0.152. The Morgan fingerprint density at radius 2 is 1.55 bits per heavy atom. The van der Waals surface area contributed by atoms with E-state index < -0.39 is 38.1 Å². The van der Waals surface area contributed by atoms with Gasteiger partial charge in [-0.25, -0.2) is 4.79 Å². The maximum atomic E-state index is 12.9. The predicted octanol–water partition coefficient (Wildman–Crippen LogP) is 6.25. The Morgan fingerprint density at radius 1 is 1.00 bits per heavy atom. The van der Waals surface area contributed by atoms with E-state index in [-0.39, 0.29) is 34.8 Å². The van der Waals surface area contributed by atoms with Crippen molar-refractivity contribution in [1.82, 2.24) is 10.6 Å². The summed E-state index contributed by atoms with van der Waals surface area (Å²) in [5, 5.41) is 16.1. The average Bonchev–Trinajstić information content (AvgIpc) is 2.74. The van der Waals surface area contributed by atoms with Crippen LogP contribution in [0.1, 0.15) is 95.4 Å². The molecule has 0 aromatic heterocycles. The van der Waals surface area contributed by atoms with Crippen LogP contribution in [0.5, 0.6) is 0 Å². The molecule has 0 saturated carbocycles. The highest BCUT2D eigenvalue weighted by atomic mass is 28.4. The molecule has 0 bridgehead atoms. The molecule has 8 nitrogen and oxygen atoms in total. The molecule has 0 fully saturated rings. The molecule has 0 aliphatic carbocycles. The smallest absolute Gasteiger partial charge is 0.407 e. The van der Waals surface area contributed by atoms with Crippen molar-refractivity contribution in [3.8, 4) is 0 Å². The third-order valence-electron chi connectivity index (χ3n) is 7.82. The van der Waals surface area contributed by atoms with Gasteiger partial charge in [-0.05, 0) is 76.0 Å². The van der Waals surface area contributed by atoms with E-state index in [9.17, 15) is 19.5 Å². The third-order valence-corrected chi connectivity index (χ3v) is 12.3. The first-order valence-electron chi connectivity index (χ1n) is 14.2. The minimum Gasteiger partial charge on any atom is -0.480 e. The standard InChI is InChI=1S/C29H58N2O6Si/c1-14-21(5)25(26(33)34)30-17-22(19(2)3)16-24(37-38(12,13)29(9,10)11)23(15-20(4)18-32)31-27(35)36-28(6,7)8/h18-25,30H,14-17H2,1-13H3,(H,31,35)(H,33,34)/t20?,21-,22+,23-,24+,25-/m0/s1. The second kappa shape index (κ2) is 15.4. The summed E-state index contributed by atoms with van der Waals surface area (Å²) in [6.45, 7) is 26.9. The number of carbonyl (C=O) groups is 3. The van der Waals surface area contributed by atoms with E-state index in [1.807, 2.05) is 41.5 Å². The van der Waals surface area contributed by atoms with Crippen molar-refractivity contribution in [2.45, 2.75) is 137 Å². The van der Waals surface area contributed by atoms with Crippen LogP contribution in [0.4, 0.5) is 4.79 Å². The van der Waals surface area contributed by atoms with Gasteiger partial charge in [0.15, 0.2) is 8.32 Å². The third kappa shape index (κ3) is 13.1. The molecule has 1 unspecified atom stereocenters. The van der Waals surface area contributed by atoms with E-state index in [0.29, 0.717) is 19.4 Å². The van der Waals surface area contributed by atoms with E-state index in [1.165, 1.54) is 0 Å². The van der Waals surface area contributed by atoms with E-state index in [0.717, 1.165) is 12.7 Å². The molecule has 38 heavy (non-hydrogen) atoms. The highest BCUT2D eigenvalue weighted by molar-refractivity contribution is 6.74. The summed E-state index contributed by atoms with van der Waals surface area (Å²) in [6.07, 6.45) is 1.79. The molecule has 0 aromatic rings. The molecular formula is C29H58N2O6Si. The van der Waals surface area contributed by atoms with Gasteiger partial charge < -0.3 is 29.7 Å².